The Balaban J connectivity index is 2.16. The highest BCUT2D eigenvalue weighted by atomic mass is 15.4. The second kappa shape index (κ2) is 3.92. The first kappa shape index (κ1) is 8.75. The van der Waals surface area contributed by atoms with Gasteiger partial charge in [0.2, 0.25) is 0 Å². The number of nitrogens with zero attached hydrogens (tertiary/aromatic N) is 2. The topological polar surface area (TPSA) is 18.0 Å². The molecular formula is C12H12N2. The molecule has 2 rings (SSSR count). The highest BCUT2D eigenvalue weighted by Crippen LogP contribution is 2.14. The van der Waals surface area contributed by atoms with Crippen molar-refractivity contribution in [3.8, 4) is 0 Å². The van der Waals surface area contributed by atoms with Crippen LogP contribution in [0.4, 0.5) is 5.69 Å². The lowest BCUT2D eigenvalue weighted by Crippen LogP contribution is -2.25. The minimum Gasteiger partial charge on any atom is -0.405 e. The molecule has 0 aliphatic carbocycles. The summed E-state index contributed by atoms with van der Waals surface area (Å²) in [4.78, 5) is 0. The van der Waals surface area contributed by atoms with E-state index in [9.17, 15) is 0 Å². The van der Waals surface area contributed by atoms with Crippen molar-refractivity contribution in [1.29, 1.82) is 0 Å². The Bertz CT molecular complexity index is 392. The molecule has 0 saturated carbocycles. The van der Waals surface area contributed by atoms with E-state index in [0.29, 0.717) is 0 Å². The van der Waals surface area contributed by atoms with Gasteiger partial charge in [0, 0.05) is 12.1 Å². The lowest BCUT2D eigenvalue weighted by molar-refractivity contribution is -0.619. The first-order valence-corrected chi connectivity index (χ1v) is 4.59. The van der Waals surface area contributed by atoms with Crippen molar-refractivity contribution < 1.29 is 4.68 Å². The summed E-state index contributed by atoms with van der Waals surface area (Å²) in [7, 11) is 0. The molecule has 1 heterocycles. The molecule has 2 aromatic rings. The Morgan fingerprint density at radius 3 is 2.21 bits per heavy atom. The summed E-state index contributed by atoms with van der Waals surface area (Å²) in [5.74, 6) is 0. The van der Waals surface area contributed by atoms with Gasteiger partial charge in [0.15, 0.2) is 12.4 Å². The van der Waals surface area contributed by atoms with E-state index in [1.807, 2.05) is 42.7 Å². The van der Waals surface area contributed by atoms with Crippen molar-refractivity contribution in [2.45, 2.75) is 6.92 Å². The average molecular weight is 184 g/mol. The van der Waals surface area contributed by atoms with E-state index in [4.69, 9.17) is 0 Å². The van der Waals surface area contributed by atoms with Crippen LogP contribution in [0.5, 0.6) is 0 Å². The van der Waals surface area contributed by atoms with Crippen molar-refractivity contribution >= 4 is 5.69 Å². The highest BCUT2D eigenvalue weighted by molar-refractivity contribution is 5.45. The molecule has 0 bridgehead atoms. The fraction of sp³-hybridized carbons (Fsp3) is 0.0833. The van der Waals surface area contributed by atoms with Gasteiger partial charge in [-0.25, -0.2) is 4.68 Å². The minimum atomic E-state index is 0.965. The zero-order chi connectivity index (χ0) is 9.80. The molecule has 14 heavy (non-hydrogen) atoms. The molecule has 70 valence electrons. The number of hydrogen-bond donors (Lipinski definition) is 0. The third kappa shape index (κ3) is 2.10. The molecule has 0 spiro atoms. The smallest absolute Gasteiger partial charge is 0.164 e. The van der Waals surface area contributed by atoms with Gasteiger partial charge in [-0.05, 0) is 6.92 Å². The van der Waals surface area contributed by atoms with Crippen LogP contribution in [0, 0.1) is 6.92 Å². The molecule has 0 unspecified atom stereocenters. The van der Waals surface area contributed by atoms with Crippen molar-refractivity contribution in [1.82, 2.24) is 0 Å². The van der Waals surface area contributed by atoms with Crippen LogP contribution < -0.4 is 4.68 Å². The molecule has 0 N–H and O–H groups in total. The SMILES string of the molecule is Cc1ccc([N-][n+]2ccccc2)cc1. The Hall–Kier alpha value is -1.83. The summed E-state index contributed by atoms with van der Waals surface area (Å²) >= 11 is 0. The third-order valence-electron chi connectivity index (χ3n) is 1.96. The van der Waals surface area contributed by atoms with E-state index in [1.54, 1.807) is 4.68 Å². The van der Waals surface area contributed by atoms with Gasteiger partial charge in [0.05, 0.1) is 0 Å². The van der Waals surface area contributed by atoms with E-state index in [-0.39, 0.29) is 0 Å². The molecule has 0 fully saturated rings. The predicted octanol–water partition coefficient (Wildman–Crippen LogP) is 2.75. The number of aryl methyl sites for hydroxylation is 1. The molecule has 2 nitrogen and oxygen atoms in total. The number of rotatable bonds is 2. The van der Waals surface area contributed by atoms with Crippen LogP contribution in [0.1, 0.15) is 5.56 Å². The Morgan fingerprint density at radius 2 is 1.57 bits per heavy atom. The van der Waals surface area contributed by atoms with E-state index in [1.165, 1.54) is 5.56 Å². The fourth-order valence-corrected chi connectivity index (χ4v) is 1.20. The molecule has 0 atom stereocenters. The molecule has 0 aliphatic heterocycles. The molecule has 2 heteroatoms. The Morgan fingerprint density at radius 1 is 0.929 bits per heavy atom. The van der Waals surface area contributed by atoms with Crippen LogP contribution >= 0.6 is 0 Å². The first-order chi connectivity index (χ1) is 6.84. The Kier molecular flexibility index (Phi) is 2.45. The summed E-state index contributed by atoms with van der Waals surface area (Å²) in [6.45, 7) is 2.07. The van der Waals surface area contributed by atoms with Gasteiger partial charge in [-0.2, -0.15) is 0 Å². The van der Waals surface area contributed by atoms with E-state index >= 15 is 0 Å². The van der Waals surface area contributed by atoms with Crippen molar-refractivity contribution in [2.24, 2.45) is 0 Å². The van der Waals surface area contributed by atoms with Gasteiger partial charge in [-0.1, -0.05) is 41.6 Å². The number of aromatic nitrogens is 1. The van der Waals surface area contributed by atoms with Crippen molar-refractivity contribution in [2.75, 3.05) is 0 Å². The molecule has 1 aromatic heterocycles. The zero-order valence-electron chi connectivity index (χ0n) is 8.09. The zero-order valence-corrected chi connectivity index (χ0v) is 8.09. The van der Waals surface area contributed by atoms with Gasteiger partial charge in [-0.15, -0.1) is 0 Å². The monoisotopic (exact) mass is 184 g/mol. The quantitative estimate of drug-likeness (QED) is 0.639. The van der Waals surface area contributed by atoms with E-state index in [0.717, 1.165) is 5.69 Å². The average Bonchev–Trinajstić information content (AvgIpc) is 2.23. The minimum absolute atomic E-state index is 0.965. The van der Waals surface area contributed by atoms with Crippen LogP contribution in [0.2, 0.25) is 0 Å². The molecule has 1 aromatic carbocycles. The predicted molar refractivity (Wildman–Crippen MR) is 56.2 cm³/mol. The summed E-state index contributed by atoms with van der Waals surface area (Å²) in [5, 5.41) is 0. The number of pyridine rings is 1. The molecule has 0 aliphatic rings. The standard InChI is InChI=1S/C12H12N2/c1-11-5-7-12(8-6-11)13-14-9-3-2-4-10-14/h2-10H,1H3. The van der Waals surface area contributed by atoms with E-state index < -0.39 is 0 Å². The van der Waals surface area contributed by atoms with Crippen molar-refractivity contribution in [3.05, 3.63) is 65.8 Å². The number of hydrogen-bond acceptors (Lipinski definition) is 0. The van der Waals surface area contributed by atoms with Crippen molar-refractivity contribution in [3.63, 3.8) is 0 Å². The van der Waals surface area contributed by atoms with Gasteiger partial charge in [-0.3, -0.25) is 0 Å². The lowest BCUT2D eigenvalue weighted by Gasteiger charge is -2.13. The van der Waals surface area contributed by atoms with Gasteiger partial charge in [0.1, 0.15) is 0 Å². The highest BCUT2D eigenvalue weighted by Gasteiger charge is 1.87. The maximum Gasteiger partial charge on any atom is 0.164 e. The molecular weight excluding hydrogens is 172 g/mol. The fourth-order valence-electron chi connectivity index (χ4n) is 1.20. The third-order valence-corrected chi connectivity index (χ3v) is 1.96. The van der Waals surface area contributed by atoms with Gasteiger partial charge < -0.3 is 5.43 Å². The first-order valence-electron chi connectivity index (χ1n) is 4.59. The lowest BCUT2D eigenvalue weighted by atomic mass is 10.2. The molecule has 0 saturated heterocycles. The van der Waals surface area contributed by atoms with Crippen LogP contribution in [0.3, 0.4) is 0 Å². The molecule has 0 amide bonds. The Labute approximate surface area is 83.8 Å². The van der Waals surface area contributed by atoms with Crippen LogP contribution in [-0.4, -0.2) is 0 Å². The normalized spacial score (nSPS) is 9.79. The second-order valence-electron chi connectivity index (χ2n) is 3.19. The number of benzene rings is 1. The van der Waals surface area contributed by atoms with E-state index in [2.05, 4.69) is 24.5 Å². The largest absolute Gasteiger partial charge is 0.405 e. The summed E-state index contributed by atoms with van der Waals surface area (Å²) < 4.78 is 1.80. The van der Waals surface area contributed by atoms with Gasteiger partial charge >= 0.3 is 0 Å². The summed E-state index contributed by atoms with van der Waals surface area (Å²) in [6, 6.07) is 14.0. The van der Waals surface area contributed by atoms with Gasteiger partial charge in [0.25, 0.3) is 0 Å². The van der Waals surface area contributed by atoms with Crippen LogP contribution in [0.15, 0.2) is 54.9 Å². The van der Waals surface area contributed by atoms with Crippen LogP contribution in [-0.2, 0) is 0 Å². The summed E-state index contributed by atoms with van der Waals surface area (Å²) in [5.41, 5.74) is 6.62. The maximum absolute atomic E-state index is 4.40. The maximum atomic E-state index is 4.40. The van der Waals surface area contributed by atoms with Crippen LogP contribution in [0.25, 0.3) is 5.43 Å². The summed E-state index contributed by atoms with van der Waals surface area (Å²) in [6.07, 6.45) is 3.83. The molecule has 0 radical (unpaired) electrons. The second-order valence-corrected chi connectivity index (χ2v) is 3.19.